The summed E-state index contributed by atoms with van der Waals surface area (Å²) in [6, 6.07) is 27.7. The van der Waals surface area contributed by atoms with Gasteiger partial charge in [-0.2, -0.15) is 0 Å². The summed E-state index contributed by atoms with van der Waals surface area (Å²) in [6.45, 7) is 0.315. The summed E-state index contributed by atoms with van der Waals surface area (Å²) in [7, 11) is 0. The maximum Gasteiger partial charge on any atom is 0.252 e. The molecule has 1 N–H and O–H groups in total. The van der Waals surface area contributed by atoms with Crippen molar-refractivity contribution < 1.29 is 9.32 Å². The molecular formula is C23H17IN2O2. The molecule has 28 heavy (non-hydrogen) atoms. The van der Waals surface area contributed by atoms with Gasteiger partial charge in [0.15, 0.2) is 5.76 Å². The predicted molar refractivity (Wildman–Crippen MR) is 118 cm³/mol. The minimum Gasteiger partial charge on any atom is -0.356 e. The Balaban J connectivity index is 1.43. The first kappa shape index (κ1) is 18.4. The molecule has 0 fully saturated rings. The smallest absolute Gasteiger partial charge is 0.252 e. The Morgan fingerprint density at radius 3 is 2.25 bits per heavy atom. The van der Waals surface area contributed by atoms with E-state index < -0.39 is 0 Å². The Bertz CT molecular complexity index is 1090. The van der Waals surface area contributed by atoms with E-state index in [4.69, 9.17) is 4.52 Å². The lowest BCUT2D eigenvalue weighted by molar-refractivity contribution is 0.0949. The van der Waals surface area contributed by atoms with Crippen LogP contribution in [0.2, 0.25) is 0 Å². The van der Waals surface area contributed by atoms with E-state index in [1.807, 2.05) is 54.6 Å². The minimum atomic E-state index is -0.123. The van der Waals surface area contributed by atoms with Gasteiger partial charge in [0.05, 0.1) is 12.1 Å². The summed E-state index contributed by atoms with van der Waals surface area (Å²) >= 11 is 2.15. The van der Waals surface area contributed by atoms with Crippen molar-refractivity contribution in [2.24, 2.45) is 0 Å². The molecule has 0 saturated heterocycles. The Morgan fingerprint density at radius 2 is 1.50 bits per heavy atom. The van der Waals surface area contributed by atoms with Crippen molar-refractivity contribution in [2.75, 3.05) is 0 Å². The third kappa shape index (κ3) is 4.14. The second-order valence-electron chi connectivity index (χ2n) is 6.29. The van der Waals surface area contributed by atoms with Crippen molar-refractivity contribution in [3.8, 4) is 22.5 Å². The third-order valence-electron chi connectivity index (χ3n) is 4.38. The van der Waals surface area contributed by atoms with Gasteiger partial charge in [-0.3, -0.25) is 4.79 Å². The highest BCUT2D eigenvalue weighted by Gasteiger charge is 2.11. The van der Waals surface area contributed by atoms with Gasteiger partial charge in [0.25, 0.3) is 5.91 Å². The van der Waals surface area contributed by atoms with Crippen LogP contribution in [0, 0.1) is 3.57 Å². The van der Waals surface area contributed by atoms with Crippen LogP contribution in [-0.2, 0) is 6.54 Å². The maximum atomic E-state index is 12.3. The van der Waals surface area contributed by atoms with Gasteiger partial charge in [0, 0.05) is 15.2 Å². The van der Waals surface area contributed by atoms with Gasteiger partial charge in [-0.25, -0.2) is 0 Å². The molecule has 0 radical (unpaired) electrons. The van der Waals surface area contributed by atoms with E-state index in [0.29, 0.717) is 23.6 Å². The summed E-state index contributed by atoms with van der Waals surface area (Å²) in [5.74, 6) is 0.555. The van der Waals surface area contributed by atoms with Crippen LogP contribution < -0.4 is 5.32 Å². The summed E-state index contributed by atoms with van der Waals surface area (Å²) in [4.78, 5) is 12.3. The Morgan fingerprint density at radius 1 is 0.857 bits per heavy atom. The number of halogens is 1. The van der Waals surface area contributed by atoms with Crippen LogP contribution in [0.5, 0.6) is 0 Å². The summed E-state index contributed by atoms with van der Waals surface area (Å²) in [5.41, 5.74) is 4.60. The fourth-order valence-corrected chi connectivity index (χ4v) is 3.53. The van der Waals surface area contributed by atoms with Crippen molar-refractivity contribution >= 4 is 28.5 Å². The lowest BCUT2D eigenvalue weighted by Gasteiger charge is -2.04. The zero-order chi connectivity index (χ0) is 19.3. The molecule has 0 aliphatic heterocycles. The van der Waals surface area contributed by atoms with E-state index in [0.717, 1.165) is 14.7 Å². The lowest BCUT2D eigenvalue weighted by atomic mass is 10.0. The summed E-state index contributed by atoms with van der Waals surface area (Å²) < 4.78 is 6.37. The Kier molecular flexibility index (Phi) is 5.53. The van der Waals surface area contributed by atoms with Gasteiger partial charge in [-0.05, 0) is 45.9 Å². The first-order valence-corrected chi connectivity index (χ1v) is 9.93. The van der Waals surface area contributed by atoms with Crippen molar-refractivity contribution in [1.29, 1.82) is 0 Å². The standard InChI is InChI=1S/C23H17IN2O2/c24-21-9-5-4-8-20(21)23(27)25-15-19-14-22(28-26-19)18-12-10-17(11-13-18)16-6-2-1-3-7-16/h1-14H,15H2,(H,25,27). The SMILES string of the molecule is O=C(NCc1cc(-c2ccc(-c3ccccc3)cc2)on1)c1ccccc1I. The molecule has 1 amide bonds. The molecule has 0 saturated carbocycles. The highest BCUT2D eigenvalue weighted by atomic mass is 127. The van der Waals surface area contributed by atoms with E-state index in [2.05, 4.69) is 57.3 Å². The van der Waals surface area contributed by atoms with Crippen molar-refractivity contribution in [3.63, 3.8) is 0 Å². The molecule has 0 spiro atoms. The van der Waals surface area contributed by atoms with Crippen LogP contribution in [0.15, 0.2) is 89.5 Å². The number of nitrogens with zero attached hydrogens (tertiary/aromatic N) is 1. The van der Waals surface area contributed by atoms with Crippen LogP contribution in [0.25, 0.3) is 22.5 Å². The molecule has 0 aliphatic rings. The molecule has 1 aromatic heterocycles. The average Bonchev–Trinajstić information content (AvgIpc) is 3.22. The highest BCUT2D eigenvalue weighted by molar-refractivity contribution is 14.1. The second-order valence-corrected chi connectivity index (χ2v) is 7.45. The molecule has 0 atom stereocenters. The third-order valence-corrected chi connectivity index (χ3v) is 5.32. The van der Waals surface area contributed by atoms with E-state index in [9.17, 15) is 4.79 Å². The second kappa shape index (κ2) is 8.39. The molecule has 5 heteroatoms. The molecule has 4 aromatic rings. The van der Waals surface area contributed by atoms with Crippen molar-refractivity contribution in [2.45, 2.75) is 6.54 Å². The molecule has 4 nitrogen and oxygen atoms in total. The number of amides is 1. The molecule has 3 aromatic carbocycles. The number of hydrogen-bond donors (Lipinski definition) is 1. The van der Waals surface area contributed by atoms with Crippen LogP contribution in [0.3, 0.4) is 0 Å². The molecule has 0 unspecified atom stereocenters. The van der Waals surface area contributed by atoms with Crippen molar-refractivity contribution in [1.82, 2.24) is 10.5 Å². The predicted octanol–water partition coefficient (Wildman–Crippen LogP) is 5.54. The zero-order valence-corrected chi connectivity index (χ0v) is 17.1. The van der Waals surface area contributed by atoms with E-state index in [1.165, 1.54) is 5.56 Å². The summed E-state index contributed by atoms with van der Waals surface area (Å²) in [6.07, 6.45) is 0. The highest BCUT2D eigenvalue weighted by Crippen LogP contribution is 2.25. The first-order valence-electron chi connectivity index (χ1n) is 8.85. The van der Waals surface area contributed by atoms with Crippen LogP contribution in [0.1, 0.15) is 16.1 Å². The van der Waals surface area contributed by atoms with Crippen LogP contribution in [-0.4, -0.2) is 11.1 Å². The van der Waals surface area contributed by atoms with E-state index >= 15 is 0 Å². The van der Waals surface area contributed by atoms with Crippen LogP contribution in [0.4, 0.5) is 0 Å². The quantitative estimate of drug-likeness (QED) is 0.382. The van der Waals surface area contributed by atoms with Gasteiger partial charge >= 0.3 is 0 Å². The molecule has 1 heterocycles. The lowest BCUT2D eigenvalue weighted by Crippen LogP contribution is -2.23. The molecule has 138 valence electrons. The molecule has 0 bridgehead atoms. The van der Waals surface area contributed by atoms with Crippen LogP contribution >= 0.6 is 22.6 Å². The number of aromatic nitrogens is 1. The number of hydrogen-bond acceptors (Lipinski definition) is 3. The number of benzene rings is 3. The van der Waals surface area contributed by atoms with Gasteiger partial charge in [-0.15, -0.1) is 0 Å². The van der Waals surface area contributed by atoms with E-state index in [1.54, 1.807) is 6.07 Å². The number of carbonyl (C=O) groups excluding carboxylic acids is 1. The largest absolute Gasteiger partial charge is 0.356 e. The monoisotopic (exact) mass is 480 g/mol. The first-order chi connectivity index (χ1) is 13.7. The van der Waals surface area contributed by atoms with Gasteiger partial charge in [0.1, 0.15) is 5.69 Å². The molecule has 4 rings (SSSR count). The Hall–Kier alpha value is -2.93. The van der Waals surface area contributed by atoms with E-state index in [-0.39, 0.29) is 5.91 Å². The normalized spacial score (nSPS) is 10.6. The van der Waals surface area contributed by atoms with Crippen molar-refractivity contribution in [3.05, 3.63) is 99.8 Å². The zero-order valence-electron chi connectivity index (χ0n) is 14.9. The fourth-order valence-electron chi connectivity index (χ4n) is 2.90. The maximum absolute atomic E-state index is 12.3. The van der Waals surface area contributed by atoms with Gasteiger partial charge < -0.3 is 9.84 Å². The number of rotatable bonds is 5. The fraction of sp³-hybridized carbons (Fsp3) is 0.0435. The molecule has 0 aliphatic carbocycles. The topological polar surface area (TPSA) is 55.1 Å². The number of carbonyl (C=O) groups is 1. The summed E-state index contributed by atoms with van der Waals surface area (Å²) in [5, 5.41) is 6.95. The Labute approximate surface area is 176 Å². The number of nitrogens with one attached hydrogen (secondary N) is 1. The molecular weight excluding hydrogens is 463 g/mol. The van der Waals surface area contributed by atoms with Gasteiger partial charge in [-0.1, -0.05) is 71.9 Å². The van der Waals surface area contributed by atoms with Gasteiger partial charge in [0.2, 0.25) is 0 Å². The minimum absolute atomic E-state index is 0.123. The average molecular weight is 480 g/mol.